The highest BCUT2D eigenvalue weighted by atomic mass is 16.5. The number of carbonyl (C=O) groups is 2. The lowest BCUT2D eigenvalue weighted by atomic mass is 10.0. The molecular formula is C54H93NO5. The molecule has 6 nitrogen and oxygen atoms in total. The maximum Gasteiger partial charge on any atom is 0.306 e. The molecular weight excluding hydrogens is 743 g/mol. The third-order valence-electron chi connectivity index (χ3n) is 10.9. The second-order valence-corrected chi connectivity index (χ2v) is 16.6. The van der Waals surface area contributed by atoms with Crippen LogP contribution in [0.15, 0.2) is 85.1 Å². The second kappa shape index (κ2) is 47.1. The number of unbranched alkanes of at least 4 members (excludes halogenated alkanes) is 23. The number of esters is 1. The Kier molecular flexibility index (Phi) is 44.8. The summed E-state index contributed by atoms with van der Waals surface area (Å²) in [5, 5.41) is 23.7. The first-order chi connectivity index (χ1) is 29.5. The van der Waals surface area contributed by atoms with Gasteiger partial charge in [0.15, 0.2) is 0 Å². The minimum absolute atomic E-state index is 0.0326. The second-order valence-electron chi connectivity index (χ2n) is 16.6. The normalized spacial score (nSPS) is 14.0. The van der Waals surface area contributed by atoms with Crippen LogP contribution in [0.2, 0.25) is 0 Å². The SMILES string of the molecule is CC/C=C/C=C/C=C\C=C/C=C/CC(CC(=O)NC(CO)C(O)CCCCCCCCCCCCCCCC)OC(=O)CCCCC/C=C/C=C/CCCCCCCCC. The molecule has 0 aliphatic carbocycles. The van der Waals surface area contributed by atoms with E-state index in [9.17, 15) is 19.8 Å². The van der Waals surface area contributed by atoms with Crippen molar-refractivity contribution < 1.29 is 24.5 Å². The summed E-state index contributed by atoms with van der Waals surface area (Å²) in [7, 11) is 0. The van der Waals surface area contributed by atoms with Crippen molar-refractivity contribution in [1.82, 2.24) is 5.32 Å². The van der Waals surface area contributed by atoms with Gasteiger partial charge in [-0.25, -0.2) is 0 Å². The third kappa shape index (κ3) is 41.8. The van der Waals surface area contributed by atoms with Crippen molar-refractivity contribution in [2.75, 3.05) is 6.61 Å². The van der Waals surface area contributed by atoms with E-state index in [1.165, 1.54) is 116 Å². The van der Waals surface area contributed by atoms with Gasteiger partial charge in [-0.15, -0.1) is 0 Å². The van der Waals surface area contributed by atoms with Gasteiger partial charge in [0, 0.05) is 12.8 Å². The molecule has 344 valence electrons. The first-order valence-corrected chi connectivity index (χ1v) is 24.9. The standard InChI is InChI=1S/C54H93NO5/c1-4-7-10-13-16-19-22-24-26-27-29-32-35-38-41-44-47-54(59)60-50(45-42-39-36-33-30-21-18-15-12-9-6-3)48-53(58)55-51(49-56)52(57)46-43-40-37-34-31-28-25-23-20-17-14-11-8-5-2/h9,12,15,18,21,26-27,29-30,32-33,36,39,42,50-52,56-57H,4-8,10-11,13-14,16-17,19-20,22-25,28,31,34-35,37-38,40-41,43-49H2,1-3H3,(H,55,58)/b12-9+,18-15+,27-26+,30-21-,32-29+,36-33-,42-39+. The van der Waals surface area contributed by atoms with Crippen LogP contribution in [0.3, 0.4) is 0 Å². The van der Waals surface area contributed by atoms with Gasteiger partial charge in [-0.2, -0.15) is 0 Å². The van der Waals surface area contributed by atoms with Crippen LogP contribution in [-0.2, 0) is 14.3 Å². The summed E-state index contributed by atoms with van der Waals surface area (Å²) in [6, 6.07) is -0.748. The highest BCUT2D eigenvalue weighted by Gasteiger charge is 2.23. The summed E-state index contributed by atoms with van der Waals surface area (Å²) >= 11 is 0. The molecule has 0 aromatic rings. The van der Waals surface area contributed by atoms with E-state index < -0.39 is 18.2 Å². The van der Waals surface area contributed by atoms with Gasteiger partial charge in [-0.1, -0.05) is 241 Å². The Morgan fingerprint density at radius 2 is 0.933 bits per heavy atom. The lowest BCUT2D eigenvalue weighted by Gasteiger charge is -2.24. The largest absolute Gasteiger partial charge is 0.461 e. The van der Waals surface area contributed by atoms with E-state index >= 15 is 0 Å². The van der Waals surface area contributed by atoms with Gasteiger partial charge in [0.2, 0.25) is 5.91 Å². The maximum absolute atomic E-state index is 13.1. The monoisotopic (exact) mass is 836 g/mol. The number of hydrogen-bond donors (Lipinski definition) is 3. The number of nitrogens with one attached hydrogen (secondary N) is 1. The summed E-state index contributed by atoms with van der Waals surface area (Å²) in [5.41, 5.74) is 0. The number of ether oxygens (including phenoxy) is 1. The number of aliphatic hydroxyl groups excluding tert-OH is 2. The zero-order chi connectivity index (χ0) is 43.8. The highest BCUT2D eigenvalue weighted by molar-refractivity contribution is 5.77. The summed E-state index contributed by atoms with van der Waals surface area (Å²) in [4.78, 5) is 26.0. The van der Waals surface area contributed by atoms with Crippen LogP contribution in [0.1, 0.15) is 220 Å². The Labute approximate surface area is 370 Å². The molecule has 0 saturated heterocycles. The molecule has 0 aliphatic heterocycles. The molecule has 0 fully saturated rings. The molecule has 3 unspecified atom stereocenters. The molecule has 3 atom stereocenters. The molecule has 3 N–H and O–H groups in total. The number of aliphatic hydroxyl groups is 2. The van der Waals surface area contributed by atoms with Crippen molar-refractivity contribution in [3.8, 4) is 0 Å². The highest BCUT2D eigenvalue weighted by Crippen LogP contribution is 2.16. The van der Waals surface area contributed by atoms with Gasteiger partial charge in [0.1, 0.15) is 6.10 Å². The van der Waals surface area contributed by atoms with Crippen molar-refractivity contribution in [3.63, 3.8) is 0 Å². The van der Waals surface area contributed by atoms with E-state index in [1.807, 2.05) is 54.7 Å². The molecule has 60 heavy (non-hydrogen) atoms. The lowest BCUT2D eigenvalue weighted by Crippen LogP contribution is -2.46. The Morgan fingerprint density at radius 3 is 1.42 bits per heavy atom. The van der Waals surface area contributed by atoms with Crippen LogP contribution in [0, 0.1) is 0 Å². The van der Waals surface area contributed by atoms with Crippen molar-refractivity contribution in [2.45, 2.75) is 238 Å². The summed E-state index contributed by atoms with van der Waals surface area (Å²) in [6.45, 7) is 6.28. The van der Waals surface area contributed by atoms with Crippen LogP contribution in [0.25, 0.3) is 0 Å². The van der Waals surface area contributed by atoms with Gasteiger partial charge < -0.3 is 20.3 Å². The number of allylic oxidation sites excluding steroid dienone is 13. The number of hydrogen-bond acceptors (Lipinski definition) is 5. The smallest absolute Gasteiger partial charge is 0.306 e. The van der Waals surface area contributed by atoms with E-state index in [4.69, 9.17) is 4.74 Å². The predicted octanol–water partition coefficient (Wildman–Crippen LogP) is 14.8. The molecule has 0 saturated carbocycles. The zero-order valence-electron chi connectivity index (χ0n) is 39.1. The molecule has 0 rings (SSSR count). The van der Waals surface area contributed by atoms with Crippen LogP contribution in [-0.4, -0.2) is 46.9 Å². The van der Waals surface area contributed by atoms with Gasteiger partial charge in [-0.3, -0.25) is 9.59 Å². The minimum atomic E-state index is -0.825. The van der Waals surface area contributed by atoms with E-state index in [0.29, 0.717) is 19.3 Å². The maximum atomic E-state index is 13.1. The summed E-state index contributed by atoms with van der Waals surface area (Å²) < 4.78 is 5.82. The van der Waals surface area contributed by atoms with Crippen LogP contribution >= 0.6 is 0 Å². The Morgan fingerprint density at radius 1 is 0.517 bits per heavy atom. The fraction of sp³-hybridized carbons (Fsp3) is 0.704. The molecule has 0 heterocycles. The van der Waals surface area contributed by atoms with Crippen molar-refractivity contribution in [1.29, 1.82) is 0 Å². The number of carbonyl (C=O) groups excluding carboxylic acids is 2. The number of rotatable bonds is 43. The molecule has 1 amide bonds. The molecule has 0 aromatic heterocycles. The molecule has 6 heteroatoms. The first-order valence-electron chi connectivity index (χ1n) is 24.9. The fourth-order valence-electron chi connectivity index (χ4n) is 7.09. The van der Waals surface area contributed by atoms with E-state index in [0.717, 1.165) is 57.8 Å². The third-order valence-corrected chi connectivity index (χ3v) is 10.9. The zero-order valence-corrected chi connectivity index (χ0v) is 39.1. The molecule has 0 aromatic carbocycles. The van der Waals surface area contributed by atoms with Crippen molar-refractivity contribution in [2.24, 2.45) is 0 Å². The average molecular weight is 836 g/mol. The Hall–Kier alpha value is -2.96. The van der Waals surface area contributed by atoms with E-state index in [2.05, 4.69) is 56.5 Å². The minimum Gasteiger partial charge on any atom is -0.461 e. The Balaban J connectivity index is 4.70. The fourth-order valence-corrected chi connectivity index (χ4v) is 7.09. The van der Waals surface area contributed by atoms with Crippen LogP contribution in [0.5, 0.6) is 0 Å². The quantitative estimate of drug-likeness (QED) is 0.0323. The van der Waals surface area contributed by atoms with Crippen molar-refractivity contribution in [3.05, 3.63) is 85.1 Å². The first kappa shape index (κ1) is 57.0. The topological polar surface area (TPSA) is 95.9 Å². The molecule has 0 aliphatic rings. The van der Waals surface area contributed by atoms with Crippen LogP contribution in [0.4, 0.5) is 0 Å². The molecule has 0 radical (unpaired) electrons. The van der Waals surface area contributed by atoms with Gasteiger partial charge >= 0.3 is 5.97 Å². The molecule has 0 bridgehead atoms. The van der Waals surface area contributed by atoms with Crippen LogP contribution < -0.4 is 5.32 Å². The lowest BCUT2D eigenvalue weighted by molar-refractivity contribution is -0.150. The van der Waals surface area contributed by atoms with E-state index in [-0.39, 0.29) is 24.9 Å². The average Bonchev–Trinajstić information content (AvgIpc) is 3.24. The molecule has 0 spiro atoms. The van der Waals surface area contributed by atoms with E-state index in [1.54, 1.807) is 0 Å². The van der Waals surface area contributed by atoms with Gasteiger partial charge in [0.05, 0.1) is 25.2 Å². The Bertz CT molecular complexity index is 1160. The number of amides is 1. The van der Waals surface area contributed by atoms with Crippen molar-refractivity contribution >= 4 is 11.9 Å². The van der Waals surface area contributed by atoms with Gasteiger partial charge in [-0.05, 0) is 44.9 Å². The summed E-state index contributed by atoms with van der Waals surface area (Å²) in [5.74, 6) is -0.644. The summed E-state index contributed by atoms with van der Waals surface area (Å²) in [6.07, 6.45) is 61.0. The predicted molar refractivity (Wildman–Crippen MR) is 259 cm³/mol. The van der Waals surface area contributed by atoms with Gasteiger partial charge in [0.25, 0.3) is 0 Å².